The van der Waals surface area contributed by atoms with E-state index in [0.717, 1.165) is 32.6 Å². The van der Waals surface area contributed by atoms with Crippen molar-refractivity contribution in [2.45, 2.75) is 25.2 Å². The molecule has 88 valence electrons. The van der Waals surface area contributed by atoms with Gasteiger partial charge in [-0.05, 0) is 32.4 Å². The second kappa shape index (κ2) is 4.98. The van der Waals surface area contributed by atoms with Crippen LogP contribution >= 0.6 is 0 Å². The highest BCUT2D eigenvalue weighted by Crippen LogP contribution is 2.34. The maximum absolute atomic E-state index is 5.49. The highest BCUT2D eigenvalue weighted by Gasteiger charge is 2.33. The molecule has 1 heterocycles. The maximum Gasteiger partial charge on any atom is 0.0475 e. The molecule has 1 aliphatic rings. The van der Waals surface area contributed by atoms with Crippen molar-refractivity contribution < 1.29 is 4.74 Å². The van der Waals surface area contributed by atoms with Crippen molar-refractivity contribution in [1.82, 2.24) is 5.32 Å². The number of rotatable bonds is 3. The van der Waals surface area contributed by atoms with Crippen LogP contribution in [0.2, 0.25) is 0 Å². The number of hydrogen-bond donors (Lipinski definition) is 1. The van der Waals surface area contributed by atoms with E-state index in [0.29, 0.717) is 0 Å². The van der Waals surface area contributed by atoms with Crippen LogP contribution in [0.25, 0.3) is 0 Å². The zero-order valence-electron chi connectivity index (χ0n) is 10.3. The van der Waals surface area contributed by atoms with Crippen molar-refractivity contribution in [2.75, 3.05) is 26.8 Å². The molecule has 1 aromatic rings. The van der Waals surface area contributed by atoms with Gasteiger partial charge >= 0.3 is 0 Å². The van der Waals surface area contributed by atoms with Crippen molar-refractivity contribution >= 4 is 0 Å². The second-order valence-electron chi connectivity index (χ2n) is 4.79. The van der Waals surface area contributed by atoms with Crippen molar-refractivity contribution in [3.63, 3.8) is 0 Å². The van der Waals surface area contributed by atoms with Gasteiger partial charge in [0.1, 0.15) is 0 Å². The first-order chi connectivity index (χ1) is 7.77. The predicted molar refractivity (Wildman–Crippen MR) is 66.8 cm³/mol. The van der Waals surface area contributed by atoms with E-state index in [2.05, 4.69) is 36.5 Å². The van der Waals surface area contributed by atoms with Crippen LogP contribution in [0.15, 0.2) is 24.3 Å². The summed E-state index contributed by atoms with van der Waals surface area (Å²) in [6.45, 7) is 4.95. The third kappa shape index (κ3) is 2.28. The standard InChI is InChI=1S/C14H21NO/c1-12-3-5-13(6-4-12)14(11-15-2)7-9-16-10-8-14/h3-6,15H,7-11H2,1-2H3. The molecule has 1 saturated heterocycles. The van der Waals surface area contributed by atoms with Crippen LogP contribution in [0.3, 0.4) is 0 Å². The lowest BCUT2D eigenvalue weighted by molar-refractivity contribution is 0.0506. The Morgan fingerprint density at radius 3 is 2.38 bits per heavy atom. The van der Waals surface area contributed by atoms with E-state index in [1.54, 1.807) is 0 Å². The Hall–Kier alpha value is -0.860. The van der Waals surface area contributed by atoms with Crippen molar-refractivity contribution in [3.05, 3.63) is 35.4 Å². The molecule has 0 aromatic heterocycles. The molecule has 2 nitrogen and oxygen atoms in total. The first kappa shape index (κ1) is 11.6. The van der Waals surface area contributed by atoms with Gasteiger partial charge in [0, 0.05) is 25.2 Å². The van der Waals surface area contributed by atoms with Crippen molar-refractivity contribution in [3.8, 4) is 0 Å². The zero-order chi connectivity index (χ0) is 11.4. The van der Waals surface area contributed by atoms with E-state index in [1.807, 2.05) is 7.05 Å². The third-order valence-corrected chi connectivity index (χ3v) is 3.63. The predicted octanol–water partition coefficient (Wildman–Crippen LogP) is 2.26. The summed E-state index contributed by atoms with van der Waals surface area (Å²) in [5, 5.41) is 3.34. The van der Waals surface area contributed by atoms with Crippen LogP contribution in [-0.2, 0) is 10.2 Å². The lowest BCUT2D eigenvalue weighted by Crippen LogP contribution is -2.41. The summed E-state index contributed by atoms with van der Waals surface area (Å²) in [5.74, 6) is 0. The summed E-state index contributed by atoms with van der Waals surface area (Å²) in [6, 6.07) is 8.97. The van der Waals surface area contributed by atoms with E-state index >= 15 is 0 Å². The molecule has 2 rings (SSSR count). The van der Waals surface area contributed by atoms with Gasteiger partial charge in [-0.2, -0.15) is 0 Å². The fourth-order valence-corrected chi connectivity index (χ4v) is 2.58. The Balaban J connectivity index is 2.26. The minimum absolute atomic E-state index is 0.278. The monoisotopic (exact) mass is 219 g/mol. The molecule has 0 saturated carbocycles. The molecule has 1 aromatic carbocycles. The fourth-order valence-electron chi connectivity index (χ4n) is 2.58. The average Bonchev–Trinajstić information content (AvgIpc) is 2.31. The van der Waals surface area contributed by atoms with Crippen LogP contribution in [0.1, 0.15) is 24.0 Å². The van der Waals surface area contributed by atoms with Crippen LogP contribution in [-0.4, -0.2) is 26.8 Å². The molecule has 2 heteroatoms. The molecule has 1 aliphatic heterocycles. The van der Waals surface area contributed by atoms with E-state index in [1.165, 1.54) is 11.1 Å². The van der Waals surface area contributed by atoms with Crippen LogP contribution in [0.4, 0.5) is 0 Å². The first-order valence-corrected chi connectivity index (χ1v) is 6.06. The molecule has 1 N–H and O–H groups in total. The van der Waals surface area contributed by atoms with Crippen LogP contribution in [0.5, 0.6) is 0 Å². The molecule has 1 fully saturated rings. The van der Waals surface area contributed by atoms with Gasteiger partial charge in [0.25, 0.3) is 0 Å². The van der Waals surface area contributed by atoms with Crippen LogP contribution < -0.4 is 5.32 Å². The molecular weight excluding hydrogens is 198 g/mol. The summed E-state index contributed by atoms with van der Waals surface area (Å²) < 4.78 is 5.49. The summed E-state index contributed by atoms with van der Waals surface area (Å²) in [5.41, 5.74) is 3.06. The molecule has 0 radical (unpaired) electrons. The highest BCUT2D eigenvalue weighted by atomic mass is 16.5. The molecule has 0 spiro atoms. The lowest BCUT2D eigenvalue weighted by Gasteiger charge is -2.37. The number of ether oxygens (including phenoxy) is 1. The van der Waals surface area contributed by atoms with Crippen molar-refractivity contribution in [2.24, 2.45) is 0 Å². The van der Waals surface area contributed by atoms with Gasteiger partial charge in [0.2, 0.25) is 0 Å². The number of hydrogen-bond acceptors (Lipinski definition) is 2. The summed E-state index contributed by atoms with van der Waals surface area (Å²) >= 11 is 0. The molecular formula is C14H21NO. The van der Waals surface area contributed by atoms with Gasteiger partial charge < -0.3 is 10.1 Å². The smallest absolute Gasteiger partial charge is 0.0475 e. The number of nitrogens with one attached hydrogen (secondary N) is 1. The topological polar surface area (TPSA) is 21.3 Å². The van der Waals surface area contributed by atoms with Gasteiger partial charge in [0.05, 0.1) is 0 Å². The van der Waals surface area contributed by atoms with Crippen molar-refractivity contribution in [1.29, 1.82) is 0 Å². The maximum atomic E-state index is 5.49. The fraction of sp³-hybridized carbons (Fsp3) is 0.571. The first-order valence-electron chi connectivity index (χ1n) is 6.06. The van der Waals surface area contributed by atoms with Gasteiger partial charge in [-0.15, -0.1) is 0 Å². The molecule has 16 heavy (non-hydrogen) atoms. The number of aryl methyl sites for hydroxylation is 1. The Morgan fingerprint density at radius 1 is 1.19 bits per heavy atom. The van der Waals surface area contributed by atoms with Gasteiger partial charge in [-0.1, -0.05) is 29.8 Å². The average molecular weight is 219 g/mol. The summed E-state index contributed by atoms with van der Waals surface area (Å²) in [6.07, 6.45) is 2.24. The quantitative estimate of drug-likeness (QED) is 0.842. The SMILES string of the molecule is CNCC1(c2ccc(C)cc2)CCOCC1. The molecule has 0 amide bonds. The van der Waals surface area contributed by atoms with E-state index in [-0.39, 0.29) is 5.41 Å². The minimum atomic E-state index is 0.278. The Kier molecular flexibility index (Phi) is 3.62. The van der Waals surface area contributed by atoms with Gasteiger partial charge in [0.15, 0.2) is 0 Å². The Bertz CT molecular complexity index is 320. The molecule has 0 aliphatic carbocycles. The number of likely N-dealkylation sites (N-methyl/N-ethyl adjacent to an activating group) is 1. The third-order valence-electron chi connectivity index (χ3n) is 3.63. The normalized spacial score (nSPS) is 19.6. The summed E-state index contributed by atoms with van der Waals surface area (Å²) in [7, 11) is 2.03. The lowest BCUT2D eigenvalue weighted by atomic mass is 9.74. The largest absolute Gasteiger partial charge is 0.381 e. The molecule has 0 bridgehead atoms. The van der Waals surface area contributed by atoms with E-state index in [9.17, 15) is 0 Å². The van der Waals surface area contributed by atoms with E-state index in [4.69, 9.17) is 4.74 Å². The summed E-state index contributed by atoms with van der Waals surface area (Å²) in [4.78, 5) is 0. The second-order valence-corrected chi connectivity index (χ2v) is 4.79. The molecule has 0 unspecified atom stereocenters. The van der Waals surface area contributed by atoms with Gasteiger partial charge in [-0.3, -0.25) is 0 Å². The zero-order valence-corrected chi connectivity index (χ0v) is 10.3. The number of benzene rings is 1. The minimum Gasteiger partial charge on any atom is -0.381 e. The van der Waals surface area contributed by atoms with E-state index < -0.39 is 0 Å². The highest BCUT2D eigenvalue weighted by molar-refractivity contribution is 5.29. The Morgan fingerprint density at radius 2 is 1.81 bits per heavy atom. The van der Waals surface area contributed by atoms with Gasteiger partial charge in [-0.25, -0.2) is 0 Å². The Labute approximate surface area is 98.0 Å². The van der Waals surface area contributed by atoms with Crippen LogP contribution in [0, 0.1) is 6.92 Å². The molecule has 0 atom stereocenters.